The third kappa shape index (κ3) is 26.3. The van der Waals surface area contributed by atoms with Gasteiger partial charge in [0.25, 0.3) is 0 Å². The highest BCUT2D eigenvalue weighted by Gasteiger charge is 2.62. The largest absolute Gasteiger partial charge is 0.395 e. The van der Waals surface area contributed by atoms with Gasteiger partial charge in [-0.05, 0) is 6.92 Å². The zero-order chi connectivity index (χ0) is 107. The molecule has 12 saturated heterocycles. The van der Waals surface area contributed by atoms with Crippen molar-refractivity contribution in [2.24, 2.45) is 35.3 Å². The Morgan fingerprint density at radius 3 is 0.862 bits per heavy atom. The lowest BCUT2D eigenvalue weighted by atomic mass is 9.88. The number of alkyl halides is 1. The first kappa shape index (κ1) is 122. The molecule has 12 aliphatic heterocycles. The van der Waals surface area contributed by atoms with E-state index in [1.165, 1.54) is 50.3 Å². The normalized spacial score (nSPS) is 51.5. The Morgan fingerprint density at radius 2 is 0.490 bits per heavy atom. The molecule has 0 aromatic rings. The number of rotatable bonds is 41. The van der Waals surface area contributed by atoms with Crippen LogP contribution in [0.25, 0.3) is 0 Å². The van der Waals surface area contributed by atoms with Crippen molar-refractivity contribution in [1.82, 2.24) is 0 Å². The standard InChI is InChI=1S/C84H146INO59/c1-20-25(6)124-31(12-92)64(40(20)98)138-76-23(4)43(101)68(35(16-96)131-76)142-83-62(120)70(136-73(121)71(144-78-39(86)51(109)69(36(17-97)133-78)143-82-60(118)55(113)48(106)30(11-91)128-82)61(119)63(26(85)7-87)137-75-22(3)42(100)66(33(14-94)130-75)140-80-58(116)53(111)46(104)28(9-89)126-80)50(108)38(134-83)19-123-84-72(145-77-24(5)44(102)67(34(15-95)132-77)141-81-59(117)54(112)47(105)29(10-90)127-81)56(114)49(107)37(135-84)18-122-74-21(2)41(99)65(32(13-93)129-74)139-79-57(115)52(110)45(103)27(8-88)125-79/h20-84,87-121H,7-19,86H2,1-6H3/t20?,21?,22?,23?,24?,25-,26?,27?,28?,29?,30?,31?,32?,33?,34?,35?,36?,37?,38?,39?,40+,41+,42+,43+,44+,45-,46-,47-,48-,49+,50+,51+,52-,53-,54-,55-,56-,57?,58?,59?,60?,61-,62?,63+,64+,65+,66+,67-,68+,69+,70-,71?,72?,73+,74+,75-,76-,77?,78-,79-,80-,81-,82-,83-,84-/m0/s1. The minimum Gasteiger partial charge on any atom is -0.395 e. The van der Waals surface area contributed by atoms with Gasteiger partial charge in [0.2, 0.25) is 0 Å². The number of hydrogen-bond donors (Lipinski definition) is 36. The summed E-state index contributed by atoms with van der Waals surface area (Å²) in [5, 5.41) is 394. The minimum atomic E-state index is -3.06. The molecule has 0 spiro atoms. The van der Waals surface area contributed by atoms with Crippen molar-refractivity contribution in [3.63, 3.8) is 0 Å². The fraction of sp³-hybridized carbons (Fsp3) is 1.00. The van der Waals surface area contributed by atoms with Gasteiger partial charge >= 0.3 is 0 Å². The van der Waals surface area contributed by atoms with Gasteiger partial charge in [0, 0.05) is 29.6 Å². The molecule has 65 atom stereocenters. The molecule has 0 bridgehead atoms. The van der Waals surface area contributed by atoms with Crippen LogP contribution in [-0.2, 0) is 114 Å². The van der Waals surface area contributed by atoms with E-state index in [1.807, 2.05) is 0 Å². The maximum absolute atomic E-state index is 13.2. The van der Waals surface area contributed by atoms with Gasteiger partial charge < -0.3 is 298 Å². The average molecular weight is 2240 g/mol. The molecule has 0 saturated carbocycles. The van der Waals surface area contributed by atoms with Crippen LogP contribution in [0.5, 0.6) is 0 Å². The monoisotopic (exact) mass is 2240 g/mol. The smallest absolute Gasteiger partial charge is 0.187 e. The van der Waals surface area contributed by atoms with Crippen LogP contribution in [0.2, 0.25) is 0 Å². The maximum Gasteiger partial charge on any atom is 0.187 e. The summed E-state index contributed by atoms with van der Waals surface area (Å²) in [4.78, 5) is 0. The van der Waals surface area contributed by atoms with Crippen molar-refractivity contribution in [1.29, 1.82) is 0 Å². The highest BCUT2D eigenvalue weighted by atomic mass is 127. The molecule has 60 nitrogen and oxygen atoms in total. The molecule has 0 radical (unpaired) electrons. The van der Waals surface area contributed by atoms with Gasteiger partial charge in [0.1, 0.15) is 244 Å². The summed E-state index contributed by atoms with van der Waals surface area (Å²) in [7, 11) is 0. The third-order valence-corrected chi connectivity index (χ3v) is 30.1. The van der Waals surface area contributed by atoms with Gasteiger partial charge in [0.05, 0.1) is 132 Å². The van der Waals surface area contributed by atoms with Gasteiger partial charge in [-0.25, -0.2) is 0 Å². The number of aliphatic hydroxyl groups is 35. The van der Waals surface area contributed by atoms with Gasteiger partial charge in [-0.3, -0.25) is 0 Å². The fourth-order valence-corrected chi connectivity index (χ4v) is 20.0. The first-order valence-corrected chi connectivity index (χ1v) is 49.0. The fourth-order valence-electron chi connectivity index (χ4n) is 19.5. The lowest BCUT2D eigenvalue weighted by Crippen LogP contribution is -2.68. The van der Waals surface area contributed by atoms with E-state index >= 15 is 0 Å². The molecule has 12 rings (SSSR count). The highest BCUT2D eigenvalue weighted by Crippen LogP contribution is 2.44. The van der Waals surface area contributed by atoms with Crippen molar-refractivity contribution in [2.45, 2.75) is 408 Å². The first-order valence-electron chi connectivity index (χ1n) is 47.8. The van der Waals surface area contributed by atoms with Crippen molar-refractivity contribution in [3.8, 4) is 0 Å². The quantitative estimate of drug-likeness (QED) is 0.0154. The van der Waals surface area contributed by atoms with E-state index in [-0.39, 0.29) is 0 Å². The Hall–Kier alpha value is -1.67. The molecule has 0 amide bonds. The van der Waals surface area contributed by atoms with E-state index in [1.54, 1.807) is 13.8 Å². The Morgan fingerprint density at radius 1 is 0.228 bits per heavy atom. The Labute approximate surface area is 840 Å². The van der Waals surface area contributed by atoms with Crippen molar-refractivity contribution >= 4 is 22.6 Å². The molecular weight excluding hydrogens is 2090 g/mol. The van der Waals surface area contributed by atoms with Crippen LogP contribution in [0.4, 0.5) is 0 Å². The van der Waals surface area contributed by atoms with E-state index < -0.39 is 482 Å². The number of ether oxygens (including phenoxy) is 24. The van der Waals surface area contributed by atoms with Gasteiger partial charge in [-0.15, -0.1) is 0 Å². The second kappa shape index (κ2) is 53.6. The molecule has 37 N–H and O–H groups in total. The molecule has 12 aliphatic rings. The molecule has 27 unspecified atom stereocenters. The highest BCUT2D eigenvalue weighted by molar-refractivity contribution is 14.1. The summed E-state index contributed by atoms with van der Waals surface area (Å²) < 4.78 is 144. The van der Waals surface area contributed by atoms with E-state index in [9.17, 15) is 179 Å². The zero-order valence-electron chi connectivity index (χ0n) is 79.1. The maximum atomic E-state index is 13.2. The van der Waals surface area contributed by atoms with Gasteiger partial charge in [-0.1, -0.05) is 57.2 Å². The minimum absolute atomic E-state index is 0.628. The summed E-state index contributed by atoms with van der Waals surface area (Å²) in [6, 6.07) is -2.11. The van der Waals surface area contributed by atoms with Crippen LogP contribution in [0.1, 0.15) is 41.5 Å². The number of nitrogens with two attached hydrogens (primary N) is 1. The van der Waals surface area contributed by atoms with Crippen LogP contribution in [-0.4, -0.2) is 631 Å². The van der Waals surface area contributed by atoms with Crippen LogP contribution in [0.3, 0.4) is 0 Å². The average Bonchev–Trinajstić information content (AvgIpc) is 0.776. The van der Waals surface area contributed by atoms with Crippen molar-refractivity contribution in [3.05, 3.63) is 0 Å². The number of hydrogen-bond acceptors (Lipinski definition) is 60. The van der Waals surface area contributed by atoms with Crippen LogP contribution < -0.4 is 5.73 Å². The summed E-state index contributed by atoms with van der Waals surface area (Å²) in [6.45, 7) is -4.85. The van der Waals surface area contributed by atoms with Gasteiger partial charge in [-0.2, -0.15) is 0 Å². The molecule has 12 fully saturated rings. The summed E-state index contributed by atoms with van der Waals surface area (Å²) in [5.74, 6) is -6.21. The third-order valence-electron chi connectivity index (χ3n) is 29.0. The molecular formula is C84H146INO59. The topological polar surface area (TPSA) is 956 Å². The molecule has 0 aromatic heterocycles. The van der Waals surface area contributed by atoms with Crippen LogP contribution in [0, 0.1) is 29.6 Å². The lowest BCUT2D eigenvalue weighted by molar-refractivity contribution is -0.392. The van der Waals surface area contributed by atoms with E-state index in [2.05, 4.69) is 0 Å². The second-order valence-corrected chi connectivity index (χ2v) is 40.2. The predicted molar refractivity (Wildman–Crippen MR) is 464 cm³/mol. The molecule has 848 valence electrons. The van der Waals surface area contributed by atoms with E-state index in [4.69, 9.17) is 119 Å². The molecule has 0 aromatic carbocycles. The van der Waals surface area contributed by atoms with Crippen LogP contribution >= 0.6 is 22.6 Å². The number of aliphatic hydroxyl groups excluding tert-OH is 35. The second-order valence-electron chi connectivity index (χ2n) is 38.6. The van der Waals surface area contributed by atoms with E-state index in [0.29, 0.717) is 0 Å². The first-order chi connectivity index (χ1) is 68.7. The lowest BCUT2D eigenvalue weighted by Gasteiger charge is -2.50. The summed E-state index contributed by atoms with van der Waals surface area (Å²) in [5.41, 5.74) is 6.68. The molecule has 145 heavy (non-hydrogen) atoms. The Balaban J connectivity index is 0.895. The van der Waals surface area contributed by atoms with E-state index in [0.717, 1.165) is 0 Å². The number of halogens is 1. The summed E-state index contributed by atoms with van der Waals surface area (Å²) >= 11 is 1.53. The van der Waals surface area contributed by atoms with Crippen LogP contribution in [0.15, 0.2) is 0 Å². The van der Waals surface area contributed by atoms with Crippen molar-refractivity contribution < 1.29 is 292 Å². The SMILES string of the molecule is CC1[C@H](OCC2O[C@H](OCC3O[C@@H](O[C@@H]4C(CO)O[C@@H](O[C@@H]5C(CO)O[C@@H](C)C(C)[C@H]5O)C(C)[C@H]4O)C(O)[C@@H](O[C@@H](O)C(O[C@@H]4OC(CO)[C@@H](O[C@@H]5OC(CO)[C@H](O)[C@H](O)C5O)[C@H](O)C4N)[C@@H](O)[C@H](O[C@@H]4OC(CO)[C@@H](O[C@@H]5OC(CO)[C@H](O)[C@H](O)C5O)[C@H](O)C4C)C(I)CO)[C@@H]3O)C(OC3OC(CO)[C@H](O[C@@H]4OC(CO)[C@H](O)[C@H](O)C4O)[C@H](O)C3C)[C@@H](O)[C@@H]2O)OC(CO)[C@@H](O[C@@H]2OC(CO)[C@H](O)[C@H](O)C2O)[C@@H]1O. The molecule has 61 heteroatoms. The Bertz CT molecular complexity index is 3780. The predicted octanol–water partition coefficient (Wildman–Crippen LogP) is -21.5. The van der Waals surface area contributed by atoms with Gasteiger partial charge in [0.15, 0.2) is 75.5 Å². The van der Waals surface area contributed by atoms with Crippen molar-refractivity contribution in [2.75, 3.05) is 85.9 Å². The molecule has 0 aliphatic carbocycles. The molecule has 12 heterocycles. The summed E-state index contributed by atoms with van der Waals surface area (Å²) in [6.07, 6.45) is -115. The zero-order valence-corrected chi connectivity index (χ0v) is 81.3. The Kier molecular flexibility index (Phi) is 45.1.